The van der Waals surface area contributed by atoms with Crippen molar-refractivity contribution in [2.75, 3.05) is 0 Å². The first kappa shape index (κ1) is 20.6. The molecule has 0 unspecified atom stereocenters. The van der Waals surface area contributed by atoms with Crippen LogP contribution in [0.2, 0.25) is 0 Å². The minimum atomic E-state index is -1.27. The number of ether oxygens (including phenoxy) is 1. The molecule has 0 aliphatic heterocycles. The van der Waals surface area contributed by atoms with Crippen LogP contribution in [0.5, 0.6) is 0 Å². The van der Waals surface area contributed by atoms with Crippen molar-refractivity contribution in [2.45, 2.75) is 65.4 Å². The summed E-state index contributed by atoms with van der Waals surface area (Å²) in [6.07, 6.45) is 7.48. The summed E-state index contributed by atoms with van der Waals surface area (Å²) in [5.41, 5.74) is -0.263. The summed E-state index contributed by atoms with van der Waals surface area (Å²) in [5, 5.41) is 0.657. The molecule has 0 aromatic rings. The Balaban J connectivity index is 1.84. The van der Waals surface area contributed by atoms with Crippen LogP contribution < -0.4 is 0 Å². The summed E-state index contributed by atoms with van der Waals surface area (Å²) in [5.74, 6) is 0.151. The van der Waals surface area contributed by atoms with Gasteiger partial charge in [-0.15, -0.1) is 0 Å². The maximum absolute atomic E-state index is 12.9. The van der Waals surface area contributed by atoms with E-state index in [0.29, 0.717) is 29.4 Å². The van der Waals surface area contributed by atoms with Gasteiger partial charge in [0.05, 0.1) is 0 Å². The van der Waals surface area contributed by atoms with Gasteiger partial charge in [-0.25, -0.2) is 0 Å². The van der Waals surface area contributed by atoms with Crippen molar-refractivity contribution in [3.8, 4) is 0 Å². The molecule has 156 valence electrons. The number of ketones is 2. The molecule has 5 heteroatoms. The number of rotatable bonds is 2. The first-order chi connectivity index (χ1) is 13.5. The van der Waals surface area contributed by atoms with Gasteiger partial charge in [0, 0.05) is 23.8 Å². The van der Waals surface area contributed by atoms with Gasteiger partial charge in [-0.3, -0.25) is 14.4 Å². The van der Waals surface area contributed by atoms with Gasteiger partial charge in [-0.2, -0.15) is 0 Å². The number of halogens is 1. The second-order valence-electron chi connectivity index (χ2n) is 9.84. The number of fused-ring (bicyclic) bond motifs is 5. The molecule has 29 heavy (non-hydrogen) atoms. The van der Waals surface area contributed by atoms with E-state index >= 15 is 0 Å². The molecular weight excluding hydrogens is 388 g/mol. The normalized spacial score (nSPS) is 43.6. The van der Waals surface area contributed by atoms with Crippen LogP contribution in [0.4, 0.5) is 0 Å². The molecule has 0 amide bonds. The molecule has 4 rings (SSSR count). The third kappa shape index (κ3) is 2.54. The lowest BCUT2D eigenvalue weighted by Gasteiger charge is -2.57. The van der Waals surface area contributed by atoms with Gasteiger partial charge >= 0.3 is 5.97 Å². The molecule has 0 bridgehead atoms. The Hall–Kier alpha value is -1.68. The lowest BCUT2D eigenvalue weighted by Crippen LogP contribution is -2.58. The third-order valence-corrected chi connectivity index (χ3v) is 8.84. The summed E-state index contributed by atoms with van der Waals surface area (Å²) in [6, 6.07) is 0. The standard InChI is InChI=1S/C24H29ClO4/c1-13-10-19-17-12-21(25)20-11-16(28)6-8-22(20,4)18(17)7-9-23(19,5)24(13,14(2)26)29-15(3)27/h11-12,17-19H,1,6-10H2,2-5H3/t17-,18+,19+,22-,23-,24+/m0/s1. The van der Waals surface area contributed by atoms with E-state index in [-0.39, 0.29) is 28.8 Å². The Morgan fingerprint density at radius 2 is 1.90 bits per heavy atom. The second kappa shape index (κ2) is 6.41. The lowest BCUT2D eigenvalue weighted by atomic mass is 9.48. The molecule has 4 aliphatic carbocycles. The molecule has 0 aromatic heterocycles. The number of allylic oxidation sites excluding steroid dienone is 4. The van der Waals surface area contributed by atoms with Crippen molar-refractivity contribution >= 4 is 29.1 Å². The van der Waals surface area contributed by atoms with Gasteiger partial charge in [-0.05, 0) is 73.0 Å². The first-order valence-corrected chi connectivity index (χ1v) is 10.9. The maximum Gasteiger partial charge on any atom is 0.303 e. The molecule has 0 aromatic carbocycles. The summed E-state index contributed by atoms with van der Waals surface area (Å²) in [7, 11) is 0. The number of hydrogen-bond acceptors (Lipinski definition) is 4. The predicted molar refractivity (Wildman–Crippen MR) is 111 cm³/mol. The smallest absolute Gasteiger partial charge is 0.303 e. The fourth-order valence-electron chi connectivity index (χ4n) is 7.15. The Morgan fingerprint density at radius 3 is 2.52 bits per heavy atom. The van der Waals surface area contributed by atoms with Crippen LogP contribution in [0.25, 0.3) is 0 Å². The molecule has 2 fully saturated rings. The molecule has 4 aliphatic rings. The van der Waals surface area contributed by atoms with Gasteiger partial charge in [0.25, 0.3) is 0 Å². The second-order valence-corrected chi connectivity index (χ2v) is 10.2. The van der Waals surface area contributed by atoms with Crippen LogP contribution in [0.15, 0.2) is 34.9 Å². The molecule has 4 nitrogen and oxygen atoms in total. The van der Waals surface area contributed by atoms with Crippen molar-refractivity contribution in [3.05, 3.63) is 34.9 Å². The molecule has 6 atom stereocenters. The van der Waals surface area contributed by atoms with E-state index in [4.69, 9.17) is 16.3 Å². The highest BCUT2D eigenvalue weighted by atomic mass is 35.5. The first-order valence-electron chi connectivity index (χ1n) is 10.5. The van der Waals surface area contributed by atoms with E-state index in [1.807, 2.05) is 0 Å². The van der Waals surface area contributed by atoms with Crippen molar-refractivity contribution < 1.29 is 19.1 Å². The molecule has 0 spiro atoms. The largest absolute Gasteiger partial charge is 0.446 e. The van der Waals surface area contributed by atoms with Crippen molar-refractivity contribution in [3.63, 3.8) is 0 Å². The van der Waals surface area contributed by atoms with Gasteiger partial charge in [-0.1, -0.05) is 38.1 Å². The highest BCUT2D eigenvalue weighted by Gasteiger charge is 2.69. The zero-order valence-electron chi connectivity index (χ0n) is 17.6. The van der Waals surface area contributed by atoms with Gasteiger partial charge in [0.1, 0.15) is 0 Å². The molecular formula is C24H29ClO4. The number of hydrogen-bond donors (Lipinski definition) is 0. The molecule has 0 saturated heterocycles. The molecule has 0 heterocycles. The highest BCUT2D eigenvalue weighted by molar-refractivity contribution is 6.32. The zero-order valence-corrected chi connectivity index (χ0v) is 18.4. The SMILES string of the molecule is C=C1C[C@@H]2[C@H]3C=C(Cl)C4=CC(=O)CC[C@@]4(C)[C@@H]3CC[C@]2(C)[C@]1(OC(C)=O)C(C)=O. The summed E-state index contributed by atoms with van der Waals surface area (Å²) in [4.78, 5) is 36.9. The Morgan fingerprint density at radius 1 is 1.21 bits per heavy atom. The van der Waals surface area contributed by atoms with Crippen LogP contribution in [-0.4, -0.2) is 23.1 Å². The fraction of sp³-hybridized carbons (Fsp3) is 0.625. The zero-order chi connectivity index (χ0) is 21.4. The van der Waals surface area contributed by atoms with E-state index in [2.05, 4.69) is 26.5 Å². The number of carbonyl (C=O) groups excluding carboxylic acids is 3. The summed E-state index contributed by atoms with van der Waals surface area (Å²) >= 11 is 6.72. The van der Waals surface area contributed by atoms with Crippen molar-refractivity contribution in [1.29, 1.82) is 0 Å². The van der Waals surface area contributed by atoms with Crippen LogP contribution in [-0.2, 0) is 19.1 Å². The topological polar surface area (TPSA) is 60.4 Å². The maximum atomic E-state index is 12.9. The van der Waals surface area contributed by atoms with E-state index in [0.717, 1.165) is 24.8 Å². The minimum Gasteiger partial charge on any atom is -0.446 e. The molecule has 2 saturated carbocycles. The van der Waals surface area contributed by atoms with Crippen LogP contribution in [0, 0.1) is 28.6 Å². The van der Waals surface area contributed by atoms with E-state index < -0.39 is 17.0 Å². The highest BCUT2D eigenvalue weighted by Crippen LogP contribution is 2.69. The summed E-state index contributed by atoms with van der Waals surface area (Å²) in [6.45, 7) is 11.4. The molecule has 0 radical (unpaired) electrons. The van der Waals surface area contributed by atoms with Gasteiger partial charge in [0.2, 0.25) is 0 Å². The Bertz CT molecular complexity index is 899. The fourth-order valence-corrected chi connectivity index (χ4v) is 7.57. The van der Waals surface area contributed by atoms with Crippen LogP contribution >= 0.6 is 11.6 Å². The van der Waals surface area contributed by atoms with Crippen LogP contribution in [0.1, 0.15) is 59.8 Å². The third-order valence-electron chi connectivity index (χ3n) is 8.51. The number of esters is 1. The van der Waals surface area contributed by atoms with E-state index in [9.17, 15) is 14.4 Å². The summed E-state index contributed by atoms with van der Waals surface area (Å²) < 4.78 is 5.80. The Kier molecular flexibility index (Phi) is 4.55. The Labute approximate surface area is 177 Å². The van der Waals surface area contributed by atoms with Gasteiger partial charge < -0.3 is 4.74 Å². The van der Waals surface area contributed by atoms with Crippen molar-refractivity contribution in [2.24, 2.45) is 28.6 Å². The van der Waals surface area contributed by atoms with E-state index in [1.165, 1.54) is 13.8 Å². The van der Waals surface area contributed by atoms with Gasteiger partial charge in [0.15, 0.2) is 17.2 Å². The predicted octanol–water partition coefficient (Wildman–Crippen LogP) is 4.92. The monoisotopic (exact) mass is 416 g/mol. The average Bonchev–Trinajstić information content (AvgIpc) is 2.85. The molecule has 0 N–H and O–H groups in total. The number of carbonyl (C=O) groups is 3. The number of Topliss-reactive ketones (excluding diaryl/α,β-unsaturated/α-hetero) is 1. The quantitative estimate of drug-likeness (QED) is 0.473. The lowest BCUT2D eigenvalue weighted by molar-refractivity contribution is -0.179. The van der Waals surface area contributed by atoms with Crippen molar-refractivity contribution in [1.82, 2.24) is 0 Å². The minimum absolute atomic E-state index is 0.113. The van der Waals surface area contributed by atoms with E-state index in [1.54, 1.807) is 6.08 Å². The van der Waals surface area contributed by atoms with Crippen LogP contribution in [0.3, 0.4) is 0 Å². The average molecular weight is 417 g/mol.